The standard InChI is InChI=1S/C19H17N3O4/c23-17-11-26-16-10-13(6-7-15(16)21-17)20-19(25)12-3-1-4-14(9-12)22-8-2-5-18(22)24/h1,3-4,6-7,9-10H,2,5,8,11H2,(H,20,25)(H,21,23). The topological polar surface area (TPSA) is 87.7 Å². The molecule has 26 heavy (non-hydrogen) atoms. The van der Waals surface area contributed by atoms with Crippen LogP contribution in [0, 0.1) is 0 Å². The molecule has 1 fully saturated rings. The second-order valence-electron chi connectivity index (χ2n) is 6.20. The third-order valence-electron chi connectivity index (χ3n) is 4.37. The van der Waals surface area contributed by atoms with Gasteiger partial charge in [-0.05, 0) is 36.8 Å². The Morgan fingerprint density at radius 3 is 2.85 bits per heavy atom. The van der Waals surface area contributed by atoms with Crippen LogP contribution in [-0.2, 0) is 9.59 Å². The molecule has 132 valence electrons. The molecule has 2 N–H and O–H groups in total. The quantitative estimate of drug-likeness (QED) is 0.889. The molecule has 0 bridgehead atoms. The molecular formula is C19H17N3O4. The fourth-order valence-corrected chi connectivity index (χ4v) is 3.09. The highest BCUT2D eigenvalue weighted by Crippen LogP contribution is 2.31. The van der Waals surface area contributed by atoms with Gasteiger partial charge in [-0.3, -0.25) is 14.4 Å². The molecule has 0 aliphatic carbocycles. The molecule has 1 saturated heterocycles. The van der Waals surface area contributed by atoms with Gasteiger partial charge in [0, 0.05) is 36.0 Å². The Hall–Kier alpha value is -3.35. The van der Waals surface area contributed by atoms with Crippen molar-refractivity contribution in [2.45, 2.75) is 12.8 Å². The van der Waals surface area contributed by atoms with E-state index in [1.165, 1.54) is 0 Å². The van der Waals surface area contributed by atoms with E-state index in [4.69, 9.17) is 4.74 Å². The van der Waals surface area contributed by atoms with Gasteiger partial charge < -0.3 is 20.3 Å². The lowest BCUT2D eigenvalue weighted by Gasteiger charge is -2.19. The average Bonchev–Trinajstić information content (AvgIpc) is 3.08. The lowest BCUT2D eigenvalue weighted by Crippen LogP contribution is -2.25. The van der Waals surface area contributed by atoms with Crippen LogP contribution in [0.25, 0.3) is 0 Å². The number of nitrogens with one attached hydrogen (secondary N) is 2. The molecule has 0 spiro atoms. The van der Waals surface area contributed by atoms with Crippen molar-refractivity contribution in [1.82, 2.24) is 0 Å². The van der Waals surface area contributed by atoms with Crippen molar-refractivity contribution in [3.05, 3.63) is 48.0 Å². The largest absolute Gasteiger partial charge is 0.482 e. The molecule has 4 rings (SSSR count). The summed E-state index contributed by atoms with van der Waals surface area (Å²) in [5.41, 5.74) is 2.34. The van der Waals surface area contributed by atoms with Crippen LogP contribution >= 0.6 is 0 Å². The Bertz CT molecular complexity index is 909. The molecule has 2 aromatic carbocycles. The number of ether oxygens (including phenoxy) is 1. The third-order valence-corrected chi connectivity index (χ3v) is 4.37. The summed E-state index contributed by atoms with van der Waals surface area (Å²) in [5.74, 6) is 0.108. The first-order valence-corrected chi connectivity index (χ1v) is 8.39. The van der Waals surface area contributed by atoms with Gasteiger partial charge in [-0.25, -0.2) is 0 Å². The summed E-state index contributed by atoms with van der Waals surface area (Å²) >= 11 is 0. The predicted molar refractivity (Wildman–Crippen MR) is 96.5 cm³/mol. The number of amides is 3. The van der Waals surface area contributed by atoms with Crippen LogP contribution in [0.15, 0.2) is 42.5 Å². The van der Waals surface area contributed by atoms with Gasteiger partial charge in [-0.2, -0.15) is 0 Å². The maximum absolute atomic E-state index is 12.6. The zero-order valence-corrected chi connectivity index (χ0v) is 14.0. The van der Waals surface area contributed by atoms with Crippen molar-refractivity contribution in [1.29, 1.82) is 0 Å². The number of hydrogen-bond donors (Lipinski definition) is 2. The van der Waals surface area contributed by atoms with E-state index in [9.17, 15) is 14.4 Å². The van der Waals surface area contributed by atoms with E-state index in [2.05, 4.69) is 10.6 Å². The van der Waals surface area contributed by atoms with E-state index in [0.29, 0.717) is 35.7 Å². The zero-order valence-electron chi connectivity index (χ0n) is 14.0. The van der Waals surface area contributed by atoms with E-state index >= 15 is 0 Å². The Labute approximate surface area is 149 Å². The number of rotatable bonds is 3. The first-order valence-electron chi connectivity index (χ1n) is 8.39. The highest BCUT2D eigenvalue weighted by molar-refractivity contribution is 6.06. The predicted octanol–water partition coefficient (Wildman–Crippen LogP) is 2.40. The van der Waals surface area contributed by atoms with Gasteiger partial charge in [0.15, 0.2) is 6.61 Å². The maximum Gasteiger partial charge on any atom is 0.262 e. The van der Waals surface area contributed by atoms with Gasteiger partial charge in [-0.15, -0.1) is 0 Å². The Morgan fingerprint density at radius 2 is 2.04 bits per heavy atom. The summed E-state index contributed by atoms with van der Waals surface area (Å²) in [6.07, 6.45) is 1.38. The minimum Gasteiger partial charge on any atom is -0.482 e. The van der Waals surface area contributed by atoms with Crippen molar-refractivity contribution >= 4 is 34.8 Å². The van der Waals surface area contributed by atoms with Gasteiger partial charge in [0.2, 0.25) is 5.91 Å². The van der Waals surface area contributed by atoms with Crippen LogP contribution in [0.1, 0.15) is 23.2 Å². The Balaban J connectivity index is 1.52. The van der Waals surface area contributed by atoms with Crippen LogP contribution in [0.3, 0.4) is 0 Å². The average molecular weight is 351 g/mol. The lowest BCUT2D eigenvalue weighted by atomic mass is 10.1. The summed E-state index contributed by atoms with van der Waals surface area (Å²) < 4.78 is 5.35. The summed E-state index contributed by atoms with van der Waals surface area (Å²) in [4.78, 5) is 37.5. The second-order valence-corrected chi connectivity index (χ2v) is 6.20. The Morgan fingerprint density at radius 1 is 1.15 bits per heavy atom. The van der Waals surface area contributed by atoms with Crippen LogP contribution in [0.4, 0.5) is 17.1 Å². The van der Waals surface area contributed by atoms with Crippen LogP contribution in [0.2, 0.25) is 0 Å². The number of carbonyl (C=O) groups excluding carboxylic acids is 3. The monoisotopic (exact) mass is 351 g/mol. The number of nitrogens with zero attached hydrogens (tertiary/aromatic N) is 1. The number of fused-ring (bicyclic) bond motifs is 1. The second kappa shape index (κ2) is 6.51. The minimum atomic E-state index is -0.279. The summed E-state index contributed by atoms with van der Waals surface area (Å²) in [6.45, 7) is 0.633. The number of carbonyl (C=O) groups is 3. The fraction of sp³-hybridized carbons (Fsp3) is 0.211. The first-order chi connectivity index (χ1) is 12.6. The third kappa shape index (κ3) is 3.11. The molecule has 2 aliphatic heterocycles. The molecule has 0 unspecified atom stereocenters. The van der Waals surface area contributed by atoms with Gasteiger partial charge >= 0.3 is 0 Å². The molecule has 2 aromatic rings. The van der Waals surface area contributed by atoms with Gasteiger partial charge in [0.1, 0.15) is 5.75 Å². The molecular weight excluding hydrogens is 334 g/mol. The van der Waals surface area contributed by atoms with Gasteiger partial charge in [0.25, 0.3) is 11.8 Å². The Kier molecular flexibility index (Phi) is 4.04. The van der Waals surface area contributed by atoms with Crippen molar-refractivity contribution in [2.75, 3.05) is 28.7 Å². The molecule has 7 nitrogen and oxygen atoms in total. The fourth-order valence-electron chi connectivity index (χ4n) is 3.09. The molecule has 7 heteroatoms. The molecule has 3 amide bonds. The van der Waals surface area contributed by atoms with Crippen LogP contribution in [0.5, 0.6) is 5.75 Å². The molecule has 2 heterocycles. The van der Waals surface area contributed by atoms with Crippen molar-refractivity contribution in [3.8, 4) is 5.75 Å². The first kappa shape index (κ1) is 16.1. The molecule has 0 saturated carbocycles. The molecule has 0 radical (unpaired) electrons. The van der Waals surface area contributed by atoms with E-state index in [1.807, 2.05) is 6.07 Å². The van der Waals surface area contributed by atoms with Crippen molar-refractivity contribution in [3.63, 3.8) is 0 Å². The maximum atomic E-state index is 12.6. The van der Waals surface area contributed by atoms with E-state index < -0.39 is 0 Å². The van der Waals surface area contributed by atoms with Gasteiger partial charge in [0.05, 0.1) is 5.69 Å². The SMILES string of the molecule is O=C1COc2cc(NC(=O)c3cccc(N4CCCC4=O)c3)ccc2N1. The van der Waals surface area contributed by atoms with E-state index in [-0.39, 0.29) is 24.3 Å². The number of anilines is 3. The normalized spacial score (nSPS) is 15.9. The van der Waals surface area contributed by atoms with Gasteiger partial charge in [-0.1, -0.05) is 6.07 Å². The van der Waals surface area contributed by atoms with Crippen LogP contribution in [-0.4, -0.2) is 30.9 Å². The molecule has 0 atom stereocenters. The highest BCUT2D eigenvalue weighted by Gasteiger charge is 2.22. The minimum absolute atomic E-state index is 0.0453. The smallest absolute Gasteiger partial charge is 0.262 e. The zero-order chi connectivity index (χ0) is 18.1. The number of hydrogen-bond acceptors (Lipinski definition) is 4. The summed E-state index contributed by atoms with van der Waals surface area (Å²) in [5, 5.41) is 5.51. The van der Waals surface area contributed by atoms with E-state index in [1.54, 1.807) is 41.3 Å². The molecule has 2 aliphatic rings. The highest BCUT2D eigenvalue weighted by atomic mass is 16.5. The number of benzene rings is 2. The van der Waals surface area contributed by atoms with Crippen LogP contribution < -0.4 is 20.3 Å². The lowest BCUT2D eigenvalue weighted by molar-refractivity contribution is -0.119. The van der Waals surface area contributed by atoms with Crippen molar-refractivity contribution in [2.24, 2.45) is 0 Å². The molecule has 0 aromatic heterocycles. The van der Waals surface area contributed by atoms with Crippen molar-refractivity contribution < 1.29 is 19.1 Å². The summed E-state index contributed by atoms with van der Waals surface area (Å²) in [6, 6.07) is 12.1. The van der Waals surface area contributed by atoms with E-state index in [0.717, 1.165) is 12.1 Å². The summed E-state index contributed by atoms with van der Waals surface area (Å²) in [7, 11) is 0.